The maximum atomic E-state index is 12.5. The second kappa shape index (κ2) is 8.06. The van der Waals surface area contributed by atoms with E-state index >= 15 is 0 Å². The summed E-state index contributed by atoms with van der Waals surface area (Å²) in [5.74, 6) is -0.515. The Balaban J connectivity index is 1.79. The summed E-state index contributed by atoms with van der Waals surface area (Å²) in [6.45, 7) is 0. The van der Waals surface area contributed by atoms with Crippen LogP contribution < -0.4 is 10.0 Å². The second-order valence-electron chi connectivity index (χ2n) is 6.25. The highest BCUT2D eigenvalue weighted by molar-refractivity contribution is 7.92. The largest absolute Gasteiger partial charge is 0.322 e. The fraction of sp³-hybridized carbons (Fsp3) is 0.0500. The number of benzene rings is 3. The van der Waals surface area contributed by atoms with E-state index in [9.17, 15) is 21.6 Å². The molecule has 150 valence electrons. The van der Waals surface area contributed by atoms with Gasteiger partial charge in [0.15, 0.2) is 9.84 Å². The minimum Gasteiger partial charge on any atom is -0.322 e. The lowest BCUT2D eigenvalue weighted by molar-refractivity contribution is 0.102. The van der Waals surface area contributed by atoms with Gasteiger partial charge in [-0.05, 0) is 48.5 Å². The van der Waals surface area contributed by atoms with Gasteiger partial charge < -0.3 is 5.32 Å². The number of hydrogen-bond acceptors (Lipinski definition) is 5. The van der Waals surface area contributed by atoms with Gasteiger partial charge >= 0.3 is 0 Å². The third kappa shape index (κ3) is 5.21. The highest BCUT2D eigenvalue weighted by atomic mass is 32.2. The van der Waals surface area contributed by atoms with Gasteiger partial charge in [-0.25, -0.2) is 16.8 Å². The summed E-state index contributed by atoms with van der Waals surface area (Å²) in [6.07, 6.45) is 1.06. The van der Waals surface area contributed by atoms with Crippen molar-refractivity contribution >= 4 is 37.1 Å². The topological polar surface area (TPSA) is 109 Å². The molecule has 0 spiro atoms. The van der Waals surface area contributed by atoms with Crippen molar-refractivity contribution in [1.29, 1.82) is 0 Å². The molecule has 0 saturated heterocycles. The smallest absolute Gasteiger partial charge is 0.261 e. The lowest BCUT2D eigenvalue weighted by Crippen LogP contribution is -2.14. The Kier molecular flexibility index (Phi) is 5.71. The molecular formula is C20H18N2O5S2. The van der Waals surface area contributed by atoms with E-state index in [0.717, 1.165) is 6.26 Å². The zero-order valence-corrected chi connectivity index (χ0v) is 17.0. The summed E-state index contributed by atoms with van der Waals surface area (Å²) in [5.41, 5.74) is 0.799. The van der Waals surface area contributed by atoms with Gasteiger partial charge in [-0.3, -0.25) is 9.52 Å². The van der Waals surface area contributed by atoms with Crippen molar-refractivity contribution in [3.05, 3.63) is 84.4 Å². The van der Waals surface area contributed by atoms with Crippen molar-refractivity contribution in [3.63, 3.8) is 0 Å². The van der Waals surface area contributed by atoms with Gasteiger partial charge in [0.2, 0.25) is 0 Å². The lowest BCUT2D eigenvalue weighted by atomic mass is 10.2. The van der Waals surface area contributed by atoms with Crippen LogP contribution in [0, 0.1) is 0 Å². The fourth-order valence-electron chi connectivity index (χ4n) is 2.55. The van der Waals surface area contributed by atoms with Crippen LogP contribution in [-0.2, 0) is 19.9 Å². The first-order valence-corrected chi connectivity index (χ1v) is 11.8. The summed E-state index contributed by atoms with van der Waals surface area (Å²) in [7, 11) is -7.20. The third-order valence-corrected chi connectivity index (χ3v) is 6.46. The molecule has 0 heterocycles. The van der Waals surface area contributed by atoms with Crippen LogP contribution >= 0.6 is 0 Å². The monoisotopic (exact) mass is 430 g/mol. The number of anilines is 2. The molecule has 9 heteroatoms. The van der Waals surface area contributed by atoms with E-state index in [0.29, 0.717) is 5.69 Å². The quantitative estimate of drug-likeness (QED) is 0.624. The highest BCUT2D eigenvalue weighted by Crippen LogP contribution is 2.20. The van der Waals surface area contributed by atoms with E-state index in [2.05, 4.69) is 10.0 Å². The summed E-state index contributed by atoms with van der Waals surface area (Å²) >= 11 is 0. The van der Waals surface area contributed by atoms with Gasteiger partial charge in [-0.15, -0.1) is 0 Å². The van der Waals surface area contributed by atoms with Crippen LogP contribution in [0.4, 0.5) is 11.4 Å². The third-order valence-electron chi connectivity index (χ3n) is 3.95. The van der Waals surface area contributed by atoms with E-state index < -0.39 is 25.8 Å². The summed E-state index contributed by atoms with van der Waals surface area (Å²) < 4.78 is 50.7. The number of carbonyl (C=O) groups excluding carboxylic acids is 1. The zero-order valence-electron chi connectivity index (χ0n) is 15.4. The fourth-order valence-corrected chi connectivity index (χ4v) is 4.28. The number of sulfone groups is 1. The SMILES string of the molecule is CS(=O)(=O)c1cccc(C(=O)Nc2cccc(NS(=O)(=O)c3ccccc3)c2)c1. The van der Waals surface area contributed by atoms with Crippen molar-refractivity contribution in [2.75, 3.05) is 16.3 Å². The Hall–Kier alpha value is -3.17. The minimum absolute atomic E-state index is 0.0366. The van der Waals surface area contributed by atoms with Crippen LogP contribution in [0.2, 0.25) is 0 Å². The Morgan fingerprint density at radius 2 is 1.34 bits per heavy atom. The van der Waals surface area contributed by atoms with E-state index in [1.807, 2.05) is 0 Å². The molecule has 0 fully saturated rings. The summed E-state index contributed by atoms with van der Waals surface area (Å²) in [5, 5.41) is 2.63. The normalized spacial score (nSPS) is 11.6. The van der Waals surface area contributed by atoms with Gasteiger partial charge in [0.25, 0.3) is 15.9 Å². The molecule has 0 atom stereocenters. The molecule has 0 unspecified atom stereocenters. The number of sulfonamides is 1. The average molecular weight is 431 g/mol. The molecule has 0 aliphatic heterocycles. The van der Waals surface area contributed by atoms with Crippen LogP contribution in [0.15, 0.2) is 88.7 Å². The number of rotatable bonds is 6. The first-order chi connectivity index (χ1) is 13.6. The summed E-state index contributed by atoms with van der Waals surface area (Å²) in [4.78, 5) is 12.6. The molecule has 1 amide bonds. The molecule has 3 aromatic rings. The van der Waals surface area contributed by atoms with Gasteiger partial charge in [-0.2, -0.15) is 0 Å². The van der Waals surface area contributed by atoms with E-state index in [1.165, 1.54) is 42.5 Å². The Labute approximate surface area is 169 Å². The number of hydrogen-bond donors (Lipinski definition) is 2. The molecule has 0 aliphatic carbocycles. The standard InChI is InChI=1S/C20H18N2O5S2/c1-28(24,25)19-12-5-7-15(13-19)20(23)21-16-8-6-9-17(14-16)22-29(26,27)18-10-3-2-4-11-18/h2-14,22H,1H3,(H,21,23). The Morgan fingerprint density at radius 3 is 2.03 bits per heavy atom. The molecule has 0 aromatic heterocycles. The van der Waals surface area contributed by atoms with Gasteiger partial charge in [0, 0.05) is 17.5 Å². The van der Waals surface area contributed by atoms with Gasteiger partial charge in [-0.1, -0.05) is 30.3 Å². The van der Waals surface area contributed by atoms with Gasteiger partial charge in [0.1, 0.15) is 0 Å². The van der Waals surface area contributed by atoms with Crippen LogP contribution in [0.1, 0.15) is 10.4 Å². The van der Waals surface area contributed by atoms with E-state index in [-0.39, 0.29) is 21.0 Å². The maximum Gasteiger partial charge on any atom is 0.261 e. The molecule has 0 aliphatic rings. The van der Waals surface area contributed by atoms with Crippen LogP contribution in [0.25, 0.3) is 0 Å². The van der Waals surface area contributed by atoms with Crippen molar-refractivity contribution in [3.8, 4) is 0 Å². The molecule has 3 aromatic carbocycles. The predicted octanol–water partition coefficient (Wildman–Crippen LogP) is 3.14. The Morgan fingerprint density at radius 1 is 0.724 bits per heavy atom. The minimum atomic E-state index is -3.76. The second-order valence-corrected chi connectivity index (χ2v) is 9.95. The lowest BCUT2D eigenvalue weighted by Gasteiger charge is -2.11. The van der Waals surface area contributed by atoms with Crippen molar-refractivity contribution in [2.45, 2.75) is 9.79 Å². The number of nitrogens with one attached hydrogen (secondary N) is 2. The highest BCUT2D eigenvalue weighted by Gasteiger charge is 2.15. The van der Waals surface area contributed by atoms with Crippen molar-refractivity contribution in [1.82, 2.24) is 0 Å². The predicted molar refractivity (Wildman–Crippen MR) is 111 cm³/mol. The van der Waals surface area contributed by atoms with Crippen molar-refractivity contribution < 1.29 is 21.6 Å². The van der Waals surface area contributed by atoms with Gasteiger partial charge in [0.05, 0.1) is 15.5 Å². The average Bonchev–Trinajstić information content (AvgIpc) is 2.68. The first-order valence-electron chi connectivity index (χ1n) is 8.44. The zero-order chi connectivity index (χ0) is 21.1. The molecule has 3 rings (SSSR count). The van der Waals surface area contributed by atoms with Crippen LogP contribution in [0.5, 0.6) is 0 Å². The maximum absolute atomic E-state index is 12.5. The molecule has 29 heavy (non-hydrogen) atoms. The Bertz CT molecular complexity index is 1250. The molecule has 0 bridgehead atoms. The molecule has 2 N–H and O–H groups in total. The number of carbonyl (C=O) groups is 1. The summed E-state index contributed by atoms with van der Waals surface area (Å²) in [6, 6.07) is 19.8. The molecule has 0 radical (unpaired) electrons. The molecule has 0 saturated carbocycles. The first kappa shape index (κ1) is 20.6. The van der Waals surface area contributed by atoms with Crippen LogP contribution in [0.3, 0.4) is 0 Å². The van der Waals surface area contributed by atoms with Crippen LogP contribution in [-0.4, -0.2) is 29.0 Å². The molecule has 7 nitrogen and oxygen atoms in total. The van der Waals surface area contributed by atoms with E-state index in [1.54, 1.807) is 36.4 Å². The molecular weight excluding hydrogens is 412 g/mol. The number of amides is 1. The van der Waals surface area contributed by atoms with Crippen molar-refractivity contribution in [2.24, 2.45) is 0 Å². The van der Waals surface area contributed by atoms with E-state index in [4.69, 9.17) is 0 Å².